The highest BCUT2D eigenvalue weighted by atomic mass is 32.5. The van der Waals surface area contributed by atoms with E-state index >= 15 is 0 Å². The van der Waals surface area contributed by atoms with Crippen molar-refractivity contribution in [3.63, 3.8) is 0 Å². The van der Waals surface area contributed by atoms with Gasteiger partial charge in [-0.25, -0.2) is 0 Å². The molecule has 0 aliphatic carbocycles. The molecule has 1 N–H and O–H groups in total. The topological polar surface area (TPSA) is 38.7 Å². The monoisotopic (exact) mass is 268 g/mol. The Balaban J connectivity index is 3.43. The van der Waals surface area contributed by atoms with Crippen molar-refractivity contribution in [2.45, 2.75) is 58.8 Å². The summed E-state index contributed by atoms with van der Waals surface area (Å²) in [7, 11) is 0. The average molecular weight is 268 g/mol. The van der Waals surface area contributed by atoms with Crippen LogP contribution >= 0.6 is 6.72 Å². The van der Waals surface area contributed by atoms with Crippen LogP contribution in [-0.2, 0) is 20.9 Å². The van der Waals surface area contributed by atoms with E-state index in [0.717, 1.165) is 32.1 Å². The molecule has 0 fully saturated rings. The lowest BCUT2D eigenvalue weighted by Gasteiger charge is -2.15. The summed E-state index contributed by atoms with van der Waals surface area (Å²) in [6.07, 6.45) is 7.65. The van der Waals surface area contributed by atoms with Gasteiger partial charge in [0.05, 0.1) is 13.2 Å². The summed E-state index contributed by atoms with van der Waals surface area (Å²) >= 11 is 4.89. The van der Waals surface area contributed by atoms with E-state index in [1.54, 1.807) is 0 Å². The third-order valence-corrected chi connectivity index (χ3v) is 3.90. The highest BCUT2D eigenvalue weighted by Gasteiger charge is 2.13. The van der Waals surface area contributed by atoms with E-state index in [4.69, 9.17) is 20.9 Å². The molecule has 0 aliphatic heterocycles. The second kappa shape index (κ2) is 10.7. The maximum atomic E-state index is 9.65. The third kappa shape index (κ3) is 11.0. The van der Waals surface area contributed by atoms with E-state index in [9.17, 15) is 4.89 Å². The van der Waals surface area contributed by atoms with Crippen LogP contribution in [0.25, 0.3) is 0 Å². The molecule has 0 aromatic heterocycles. The van der Waals surface area contributed by atoms with Gasteiger partial charge in [0, 0.05) is 0 Å². The van der Waals surface area contributed by atoms with Crippen LogP contribution in [0.5, 0.6) is 0 Å². The highest BCUT2D eigenvalue weighted by Crippen LogP contribution is 2.43. The Labute approximate surface area is 105 Å². The summed E-state index contributed by atoms with van der Waals surface area (Å²) in [5.41, 5.74) is 0. The predicted octanol–water partition coefficient (Wildman–Crippen LogP) is 4.01. The Hall–Kier alpha value is 0.530. The summed E-state index contributed by atoms with van der Waals surface area (Å²) in [6.45, 7) is 2.36. The van der Waals surface area contributed by atoms with E-state index in [2.05, 4.69) is 13.8 Å². The van der Waals surface area contributed by atoms with Crippen molar-refractivity contribution < 1.29 is 13.9 Å². The summed E-state index contributed by atoms with van der Waals surface area (Å²) in [4.78, 5) is 9.65. The van der Waals surface area contributed by atoms with Crippen LogP contribution in [0.4, 0.5) is 0 Å². The summed E-state index contributed by atoms with van der Waals surface area (Å²) in [5, 5.41) is 0. The minimum atomic E-state index is -2.95. The first-order valence-electron chi connectivity index (χ1n) is 6.24. The molecule has 1 atom stereocenters. The summed E-state index contributed by atoms with van der Waals surface area (Å²) in [5.74, 6) is 0. The third-order valence-electron chi connectivity index (χ3n) is 2.25. The second-order valence-electron chi connectivity index (χ2n) is 3.90. The minimum absolute atomic E-state index is 0.510. The first-order chi connectivity index (χ1) is 7.62. The fraction of sp³-hybridized carbons (Fsp3) is 1.00. The Kier molecular flexibility index (Phi) is 11.0. The van der Waals surface area contributed by atoms with E-state index in [1.165, 1.54) is 12.8 Å². The standard InChI is InChI=1S/C11H25O3PS/c1-3-5-7-9-11-14-15(12,16)13-10-8-6-4-2/h3-11H2,1-2H3,(H,12,16). The fourth-order valence-corrected chi connectivity index (χ4v) is 2.52. The molecule has 0 amide bonds. The molecule has 0 aromatic carbocycles. The van der Waals surface area contributed by atoms with Crippen molar-refractivity contribution in [2.24, 2.45) is 0 Å². The van der Waals surface area contributed by atoms with Crippen LogP contribution in [0.1, 0.15) is 58.8 Å². The van der Waals surface area contributed by atoms with Crippen molar-refractivity contribution in [1.82, 2.24) is 0 Å². The molecule has 0 radical (unpaired) electrons. The molecule has 5 heteroatoms. The molecule has 0 aliphatic rings. The number of hydrogen-bond donors (Lipinski definition) is 1. The minimum Gasteiger partial charge on any atom is -0.324 e. The Morgan fingerprint density at radius 1 is 0.875 bits per heavy atom. The molecule has 0 rings (SSSR count). The van der Waals surface area contributed by atoms with Gasteiger partial charge < -0.3 is 13.9 Å². The van der Waals surface area contributed by atoms with Gasteiger partial charge in [0.15, 0.2) is 0 Å². The van der Waals surface area contributed by atoms with Crippen LogP contribution in [0, 0.1) is 0 Å². The van der Waals surface area contributed by atoms with E-state index < -0.39 is 6.72 Å². The van der Waals surface area contributed by atoms with Gasteiger partial charge in [-0.1, -0.05) is 46.0 Å². The largest absolute Gasteiger partial charge is 0.324 e. The molecular formula is C11H25O3PS. The lowest BCUT2D eigenvalue weighted by atomic mass is 10.2. The van der Waals surface area contributed by atoms with Gasteiger partial charge in [-0.05, 0) is 24.6 Å². The van der Waals surface area contributed by atoms with E-state index in [1.807, 2.05) is 0 Å². The van der Waals surface area contributed by atoms with Gasteiger partial charge in [-0.2, -0.15) is 0 Å². The smallest absolute Gasteiger partial charge is 0.324 e. The SMILES string of the molecule is CCCCCCOP(O)(=S)OCCCCC. The molecule has 16 heavy (non-hydrogen) atoms. The summed E-state index contributed by atoms with van der Waals surface area (Å²) < 4.78 is 10.4. The van der Waals surface area contributed by atoms with Crippen molar-refractivity contribution in [3.05, 3.63) is 0 Å². The molecule has 0 heterocycles. The molecule has 3 nitrogen and oxygen atoms in total. The zero-order valence-corrected chi connectivity index (χ0v) is 12.2. The Morgan fingerprint density at radius 2 is 1.31 bits per heavy atom. The molecule has 1 unspecified atom stereocenters. The van der Waals surface area contributed by atoms with Crippen LogP contribution in [0.15, 0.2) is 0 Å². The molecule has 98 valence electrons. The highest BCUT2D eigenvalue weighted by molar-refractivity contribution is 8.07. The zero-order chi connectivity index (χ0) is 12.3. The molecule has 0 saturated carbocycles. The molecule has 0 spiro atoms. The van der Waals surface area contributed by atoms with Crippen LogP contribution in [0.3, 0.4) is 0 Å². The van der Waals surface area contributed by atoms with Gasteiger partial charge in [0.2, 0.25) is 0 Å². The van der Waals surface area contributed by atoms with E-state index in [-0.39, 0.29) is 0 Å². The maximum Gasteiger partial charge on any atom is 0.324 e. The first kappa shape index (κ1) is 16.5. The van der Waals surface area contributed by atoms with Gasteiger partial charge in [-0.3, -0.25) is 0 Å². The molecule has 0 bridgehead atoms. The maximum absolute atomic E-state index is 9.65. The van der Waals surface area contributed by atoms with Gasteiger partial charge in [0.1, 0.15) is 0 Å². The lowest BCUT2D eigenvalue weighted by molar-refractivity contribution is 0.191. The molecular weight excluding hydrogens is 243 g/mol. The predicted molar refractivity (Wildman–Crippen MR) is 72.1 cm³/mol. The lowest BCUT2D eigenvalue weighted by Crippen LogP contribution is -1.98. The van der Waals surface area contributed by atoms with Gasteiger partial charge in [-0.15, -0.1) is 0 Å². The van der Waals surface area contributed by atoms with Crippen molar-refractivity contribution in [1.29, 1.82) is 0 Å². The van der Waals surface area contributed by atoms with Gasteiger partial charge in [0.25, 0.3) is 0 Å². The normalized spacial score (nSPS) is 14.9. The van der Waals surface area contributed by atoms with Crippen LogP contribution in [0.2, 0.25) is 0 Å². The van der Waals surface area contributed by atoms with Crippen molar-refractivity contribution in [3.8, 4) is 0 Å². The zero-order valence-electron chi connectivity index (χ0n) is 10.5. The van der Waals surface area contributed by atoms with Crippen molar-refractivity contribution >= 4 is 18.5 Å². The average Bonchev–Trinajstić information content (AvgIpc) is 2.24. The van der Waals surface area contributed by atoms with Crippen molar-refractivity contribution in [2.75, 3.05) is 13.2 Å². The second-order valence-corrected chi connectivity index (χ2v) is 6.74. The van der Waals surface area contributed by atoms with Gasteiger partial charge >= 0.3 is 6.72 Å². The molecule has 0 saturated heterocycles. The number of unbranched alkanes of at least 4 members (excludes halogenated alkanes) is 5. The quantitative estimate of drug-likeness (QED) is 0.454. The fourth-order valence-electron chi connectivity index (χ4n) is 1.28. The number of rotatable bonds is 11. The molecule has 0 aromatic rings. The number of hydrogen-bond acceptors (Lipinski definition) is 3. The Bertz CT molecular complexity index is 200. The van der Waals surface area contributed by atoms with Crippen LogP contribution in [-0.4, -0.2) is 18.1 Å². The first-order valence-corrected chi connectivity index (χ1v) is 8.83. The van der Waals surface area contributed by atoms with Crippen LogP contribution < -0.4 is 0 Å². The summed E-state index contributed by atoms with van der Waals surface area (Å²) in [6, 6.07) is 0. The Morgan fingerprint density at radius 3 is 1.81 bits per heavy atom. The van der Waals surface area contributed by atoms with E-state index in [0.29, 0.717) is 13.2 Å².